The number of methoxy groups -OCH3 is 6. The summed E-state index contributed by atoms with van der Waals surface area (Å²) >= 11 is 1.19. The zero-order valence-electron chi connectivity index (χ0n) is 73.6. The molecule has 4 N–H and O–H groups in total. The molecule has 8 heterocycles. The molecule has 0 saturated carbocycles. The van der Waals surface area contributed by atoms with Crippen molar-refractivity contribution >= 4 is 90.3 Å². The standard InChI is InChI=1S/C33H36F2N4O4S.C33H36F2N4O3.C32H34F2N4O4/c1-6-29(40)37-24-17-23(39-12-10-38(7-2)11-13-39)9-8-20(24)14-22-15-21-16-28(44-27(21)19-36-22)33(3,41)30-31(34)25(42-4)18-26(43-5)32(30)35;1-5-31(40)37-28-18-26(39-11-9-38(6-2)10-12-39)8-7-22(28)16-25-17-23-13-21(14-24(23)20-36-25)15-27-32(34)29(41-3)19-30(42-4)33(27)35;1-5-30(39)36-26-16-23(38-11-9-37(6-2)10-12-38)8-7-20(26)13-22-14-21-15-24(42-29(21)19-35-22)17-25-31(33)27(40-3)18-28(41-4)32(25)34/h6,8-9,15-19,41H,1,7,10-14H2,2-5H3,(H,37,40);5,7-8,13,17-20H,1,6,9-12,14-16H2,2-4H3,(H,37,40);5,7-8,14-16,18-19H,1,6,9-13,17H2,2-4H3,(H,36,39). The molecule has 0 bridgehead atoms. The smallest absolute Gasteiger partial charge is 0.247 e. The monoisotopic (exact) mass is 1770 g/mol. The topological polar surface area (TPSA) is 234 Å². The summed E-state index contributed by atoms with van der Waals surface area (Å²) in [6, 6.07) is 31.0. The highest BCUT2D eigenvalue weighted by Crippen LogP contribution is 2.45. The second-order valence-electron chi connectivity index (χ2n) is 31.5. The number of anilines is 6. The van der Waals surface area contributed by atoms with Crippen molar-refractivity contribution in [2.45, 2.75) is 71.8 Å². The Morgan fingerprint density at radius 3 is 1.22 bits per heavy atom. The number of fused-ring (bicyclic) bond motifs is 3. The predicted octanol–water partition coefficient (Wildman–Crippen LogP) is 16.7. The van der Waals surface area contributed by atoms with Gasteiger partial charge in [0.2, 0.25) is 17.7 Å². The molecule has 15 rings (SSSR count). The highest BCUT2D eigenvalue weighted by atomic mass is 32.1. The summed E-state index contributed by atoms with van der Waals surface area (Å²) in [7, 11) is 7.82. The summed E-state index contributed by atoms with van der Waals surface area (Å²) in [5, 5.41) is 21.9. The van der Waals surface area contributed by atoms with Gasteiger partial charge in [-0.3, -0.25) is 29.3 Å². The second-order valence-corrected chi connectivity index (χ2v) is 32.6. The summed E-state index contributed by atoms with van der Waals surface area (Å²) in [6.45, 7) is 33.2. The number of carbonyl (C=O) groups excluding carboxylic acids is 3. The Kier molecular flexibility index (Phi) is 30.3. The van der Waals surface area contributed by atoms with Gasteiger partial charge in [-0.25, -0.2) is 26.3 Å². The molecule has 23 nitrogen and oxygen atoms in total. The number of thiophene rings is 1. The molecule has 3 fully saturated rings. The van der Waals surface area contributed by atoms with E-state index in [1.165, 1.54) is 91.3 Å². The van der Waals surface area contributed by atoms with Crippen molar-refractivity contribution in [3.05, 3.63) is 272 Å². The van der Waals surface area contributed by atoms with Crippen LogP contribution in [0.4, 0.5) is 60.5 Å². The number of hydrogen-bond acceptors (Lipinski definition) is 21. The van der Waals surface area contributed by atoms with Crippen LogP contribution in [0.1, 0.15) is 99.9 Å². The van der Waals surface area contributed by atoms with Crippen molar-refractivity contribution in [1.82, 2.24) is 29.7 Å². The van der Waals surface area contributed by atoms with Gasteiger partial charge in [-0.1, -0.05) is 70.4 Å². The number of aliphatic hydroxyl groups is 1. The molecule has 128 heavy (non-hydrogen) atoms. The number of halogens is 6. The number of hydrogen-bond donors (Lipinski definition) is 4. The number of ether oxygens (including phenoxy) is 6. The molecule has 0 radical (unpaired) electrons. The zero-order chi connectivity index (χ0) is 91.2. The molecule has 4 aliphatic rings. The van der Waals surface area contributed by atoms with Crippen molar-refractivity contribution in [1.29, 1.82) is 0 Å². The van der Waals surface area contributed by atoms with Crippen molar-refractivity contribution in [3.8, 4) is 34.5 Å². The summed E-state index contributed by atoms with van der Waals surface area (Å²) < 4.78 is 127. The van der Waals surface area contributed by atoms with Crippen LogP contribution < -0.4 is 59.1 Å². The number of carbonyl (C=O) groups is 3. The van der Waals surface area contributed by atoms with E-state index >= 15 is 8.78 Å². The van der Waals surface area contributed by atoms with E-state index in [0.29, 0.717) is 53.3 Å². The predicted molar refractivity (Wildman–Crippen MR) is 490 cm³/mol. The summed E-state index contributed by atoms with van der Waals surface area (Å²) in [6.07, 6.45) is 12.7. The van der Waals surface area contributed by atoms with Crippen LogP contribution in [0.5, 0.6) is 34.5 Å². The largest absolute Gasteiger partial charge is 0.494 e. The maximum atomic E-state index is 15.3. The normalized spacial score (nSPS) is 14.6. The summed E-state index contributed by atoms with van der Waals surface area (Å²) in [5.74, 6) is -6.39. The molecule has 1 aliphatic carbocycles. The van der Waals surface area contributed by atoms with E-state index in [9.17, 15) is 37.1 Å². The number of benzene rings is 6. The minimum atomic E-state index is -2.03. The molecule has 672 valence electrons. The van der Waals surface area contributed by atoms with Gasteiger partial charge in [0.15, 0.2) is 75.0 Å². The third-order valence-electron chi connectivity index (χ3n) is 23.7. The first-order chi connectivity index (χ1) is 61.7. The SMILES string of the molecule is C=CC(=O)Nc1cc(N2CCN(CC)CC2)ccc1Cc1cc2c(cn1)CC(Cc1c(F)c(OC)cc(OC)c1F)=C2.C=CC(=O)Nc1cc(N2CCN(CC)CC2)ccc1Cc1cc2cc(C(C)(O)c3c(F)c(OC)cc(OC)c3F)sc2cn1.C=CC(=O)Nc1cc(N2CCN(CC)CC2)ccc1Cc1cc2cc(Cc3c(F)c(OC)cc(OC)c3F)oc2cn1. The van der Waals surface area contributed by atoms with E-state index in [0.717, 1.165) is 193 Å². The van der Waals surface area contributed by atoms with E-state index in [-0.39, 0.29) is 76.2 Å². The lowest BCUT2D eigenvalue weighted by Gasteiger charge is -2.35. The maximum Gasteiger partial charge on any atom is 0.247 e. The molecular formula is C98H106F6N12O11S. The van der Waals surface area contributed by atoms with E-state index in [1.807, 2.05) is 66.9 Å². The average molecular weight is 1770 g/mol. The van der Waals surface area contributed by atoms with Crippen molar-refractivity contribution in [3.63, 3.8) is 0 Å². The van der Waals surface area contributed by atoms with Crippen molar-refractivity contribution in [2.75, 3.05) is 171 Å². The van der Waals surface area contributed by atoms with Gasteiger partial charge in [0.25, 0.3) is 0 Å². The summed E-state index contributed by atoms with van der Waals surface area (Å²) in [4.78, 5) is 65.2. The highest BCUT2D eigenvalue weighted by molar-refractivity contribution is 7.19. The zero-order valence-corrected chi connectivity index (χ0v) is 74.4. The molecule has 3 amide bonds. The van der Waals surface area contributed by atoms with E-state index in [1.54, 1.807) is 24.5 Å². The average Bonchev–Trinajstić information content (AvgIpc) is 1.55. The number of pyridine rings is 3. The van der Waals surface area contributed by atoms with Crippen molar-refractivity contribution in [2.24, 2.45) is 0 Å². The van der Waals surface area contributed by atoms with Crippen LogP contribution in [0.3, 0.4) is 0 Å². The van der Waals surface area contributed by atoms with Gasteiger partial charge < -0.3 is 83.3 Å². The summed E-state index contributed by atoms with van der Waals surface area (Å²) in [5.41, 5.74) is 10.7. The minimum Gasteiger partial charge on any atom is -0.494 e. The Bertz CT molecular complexity index is 5890. The number of amides is 3. The van der Waals surface area contributed by atoms with Crippen LogP contribution in [0, 0.1) is 34.9 Å². The van der Waals surface area contributed by atoms with Gasteiger partial charge >= 0.3 is 0 Å². The fraction of sp³-hybridized carbons (Fsp3) is 0.327. The lowest BCUT2D eigenvalue weighted by atomic mass is 9.92. The van der Waals surface area contributed by atoms with Gasteiger partial charge in [0, 0.05) is 214 Å². The van der Waals surface area contributed by atoms with Gasteiger partial charge in [0.05, 0.1) is 59.1 Å². The molecule has 3 aliphatic heterocycles. The van der Waals surface area contributed by atoms with E-state index in [4.69, 9.17) is 32.8 Å². The molecule has 1 unspecified atom stereocenters. The number of rotatable bonds is 30. The lowest BCUT2D eigenvalue weighted by Crippen LogP contribution is -2.46. The van der Waals surface area contributed by atoms with E-state index < -0.39 is 46.1 Å². The highest BCUT2D eigenvalue weighted by Gasteiger charge is 2.38. The van der Waals surface area contributed by atoms with Gasteiger partial charge in [-0.2, -0.15) is 0 Å². The fourth-order valence-corrected chi connectivity index (χ4v) is 17.4. The maximum absolute atomic E-state index is 15.3. The first-order valence-corrected chi connectivity index (χ1v) is 43.1. The molecule has 6 aromatic carbocycles. The fourth-order valence-electron chi connectivity index (χ4n) is 16.3. The third-order valence-corrected chi connectivity index (χ3v) is 25.0. The van der Waals surface area contributed by atoms with Crippen LogP contribution in [0.15, 0.2) is 170 Å². The molecule has 1 atom stereocenters. The third kappa shape index (κ3) is 21.2. The number of piperazine rings is 3. The first kappa shape index (κ1) is 92.9. The molecule has 5 aromatic heterocycles. The first-order valence-electron chi connectivity index (χ1n) is 42.3. The lowest BCUT2D eigenvalue weighted by molar-refractivity contribution is -0.112. The Hall–Kier alpha value is -12.7. The van der Waals surface area contributed by atoms with Crippen LogP contribution in [0.2, 0.25) is 0 Å². The number of furan rings is 1. The number of nitrogens with one attached hydrogen (secondary N) is 3. The van der Waals surface area contributed by atoms with Gasteiger partial charge in [-0.05, 0) is 151 Å². The van der Waals surface area contributed by atoms with Crippen LogP contribution >= 0.6 is 11.3 Å². The van der Waals surface area contributed by atoms with Gasteiger partial charge in [-0.15, -0.1) is 11.3 Å². The number of likely N-dealkylation sites (N-methyl/N-ethyl adjacent to an activating group) is 3. The second kappa shape index (κ2) is 41.8. The van der Waals surface area contributed by atoms with Crippen LogP contribution in [-0.2, 0) is 58.5 Å². The number of nitrogens with zero attached hydrogens (tertiary/aromatic N) is 9. The Morgan fingerprint density at radius 2 is 0.828 bits per heavy atom. The Balaban J connectivity index is 0.000000164. The van der Waals surface area contributed by atoms with E-state index in [2.05, 4.69) is 119 Å². The molecular weight excluding hydrogens is 1670 g/mol. The quantitative estimate of drug-likeness (QED) is 0.0242. The number of aromatic nitrogens is 3. The van der Waals surface area contributed by atoms with Crippen LogP contribution in [0.25, 0.3) is 27.1 Å². The van der Waals surface area contributed by atoms with Gasteiger partial charge in [0.1, 0.15) is 11.4 Å². The Morgan fingerprint density at radius 1 is 0.461 bits per heavy atom. The molecule has 30 heteroatoms. The Labute approximate surface area is 744 Å². The molecule has 3 saturated heterocycles. The number of allylic oxidation sites excluding steroid dienone is 1. The van der Waals surface area contributed by atoms with Crippen molar-refractivity contribution < 1.29 is 78.7 Å². The molecule has 0 spiro atoms. The van der Waals surface area contributed by atoms with Crippen LogP contribution in [-0.4, -0.2) is 193 Å². The minimum absolute atomic E-state index is 0.0584. The molecule has 11 aromatic rings.